The number of rotatable bonds is 12. The summed E-state index contributed by atoms with van der Waals surface area (Å²) in [7, 11) is 5.53. The molecule has 0 saturated carbocycles. The van der Waals surface area contributed by atoms with Crippen LogP contribution in [0.1, 0.15) is 63.8 Å². The second-order valence-electron chi connectivity index (χ2n) is 9.88. The van der Waals surface area contributed by atoms with Crippen molar-refractivity contribution in [3.8, 4) is 5.75 Å². The Morgan fingerprint density at radius 1 is 1.07 bits per heavy atom. The maximum atomic E-state index is 14.3. The standard InChI is InChI=1S/C32H42FN3O3.C2H6/c1-9-27-20-28(14-15-29(27)33)25(5)31(34-23(3)11-10-12-24(4)39-8)32(38)36(18-17-35(6)7)21-26-13-16-30(37)22(2)19-26;1-2/h10-16,19-20,37H,9,17-18,21H2,1-8H3;1-2H3/b11-10-,24-12+,31-25+,34-23+;. The number of hydrogen-bond donors (Lipinski definition) is 1. The molecule has 41 heavy (non-hydrogen) atoms. The zero-order valence-corrected chi connectivity index (χ0v) is 26.5. The topological polar surface area (TPSA) is 65.4 Å². The van der Waals surface area contributed by atoms with E-state index in [0.29, 0.717) is 48.6 Å². The summed E-state index contributed by atoms with van der Waals surface area (Å²) in [5, 5.41) is 9.98. The van der Waals surface area contributed by atoms with Crippen LogP contribution in [0.25, 0.3) is 5.57 Å². The van der Waals surface area contributed by atoms with Gasteiger partial charge in [0, 0.05) is 25.3 Å². The lowest BCUT2D eigenvalue weighted by Crippen LogP contribution is -2.37. The average molecular weight is 566 g/mol. The fourth-order valence-corrected chi connectivity index (χ4v) is 3.87. The van der Waals surface area contributed by atoms with Crippen molar-refractivity contribution in [3.05, 3.63) is 94.2 Å². The van der Waals surface area contributed by atoms with Crippen LogP contribution in [-0.2, 0) is 22.5 Å². The van der Waals surface area contributed by atoms with Crippen LogP contribution in [0.15, 0.2) is 71.1 Å². The van der Waals surface area contributed by atoms with Gasteiger partial charge in [-0.2, -0.15) is 0 Å². The van der Waals surface area contributed by atoms with Gasteiger partial charge in [0.15, 0.2) is 0 Å². The molecule has 2 rings (SSSR count). The molecule has 224 valence electrons. The van der Waals surface area contributed by atoms with Crippen molar-refractivity contribution in [1.82, 2.24) is 9.80 Å². The van der Waals surface area contributed by atoms with E-state index in [1.807, 2.05) is 97.8 Å². The molecule has 6 nitrogen and oxygen atoms in total. The first kappa shape index (κ1) is 35.3. The van der Waals surface area contributed by atoms with Gasteiger partial charge in [0.1, 0.15) is 17.3 Å². The van der Waals surface area contributed by atoms with Crippen LogP contribution in [-0.4, -0.2) is 60.8 Å². The first-order valence-electron chi connectivity index (χ1n) is 14.1. The molecule has 0 bridgehead atoms. The summed E-state index contributed by atoms with van der Waals surface area (Å²) >= 11 is 0. The zero-order valence-electron chi connectivity index (χ0n) is 26.5. The van der Waals surface area contributed by atoms with Gasteiger partial charge in [0.2, 0.25) is 0 Å². The number of allylic oxidation sites excluding steroid dienone is 5. The number of carbonyl (C=O) groups is 1. The molecule has 0 saturated heterocycles. The highest BCUT2D eigenvalue weighted by atomic mass is 19.1. The minimum Gasteiger partial charge on any atom is -0.508 e. The number of hydrogen-bond acceptors (Lipinski definition) is 5. The Morgan fingerprint density at radius 2 is 1.76 bits per heavy atom. The minimum absolute atomic E-state index is 0.217. The molecule has 0 aromatic heterocycles. The van der Waals surface area contributed by atoms with E-state index in [2.05, 4.69) is 0 Å². The lowest BCUT2D eigenvalue weighted by Gasteiger charge is -2.26. The van der Waals surface area contributed by atoms with E-state index >= 15 is 0 Å². The predicted molar refractivity (Wildman–Crippen MR) is 170 cm³/mol. The quantitative estimate of drug-likeness (QED) is 0.127. The molecule has 0 aliphatic rings. The lowest BCUT2D eigenvalue weighted by atomic mass is 10.0. The molecule has 2 aromatic carbocycles. The molecular formula is C34H48FN3O3. The fourth-order valence-electron chi connectivity index (χ4n) is 3.87. The van der Waals surface area contributed by atoms with Crippen LogP contribution in [0.3, 0.4) is 0 Å². The number of methoxy groups -OCH3 is 1. The Morgan fingerprint density at radius 3 is 2.34 bits per heavy atom. The van der Waals surface area contributed by atoms with Gasteiger partial charge in [0.25, 0.3) is 5.91 Å². The molecule has 0 atom stereocenters. The summed E-state index contributed by atoms with van der Waals surface area (Å²) < 4.78 is 19.5. The number of benzene rings is 2. The second-order valence-corrected chi connectivity index (χ2v) is 9.88. The van der Waals surface area contributed by atoms with Crippen molar-refractivity contribution in [3.63, 3.8) is 0 Å². The smallest absolute Gasteiger partial charge is 0.273 e. The van der Waals surface area contributed by atoms with Gasteiger partial charge >= 0.3 is 0 Å². The third kappa shape index (κ3) is 11.4. The molecule has 1 N–H and O–H groups in total. The van der Waals surface area contributed by atoms with Crippen LogP contribution in [0.4, 0.5) is 4.39 Å². The van der Waals surface area contributed by atoms with E-state index < -0.39 is 0 Å². The third-order valence-electron chi connectivity index (χ3n) is 6.43. The van der Waals surface area contributed by atoms with Crippen molar-refractivity contribution in [1.29, 1.82) is 0 Å². The fraction of sp³-hybridized carbons (Fsp3) is 0.412. The number of likely N-dealkylation sites (N-methyl/N-ethyl adjacent to an activating group) is 1. The van der Waals surface area contributed by atoms with Gasteiger partial charge in [-0.05, 0) is 106 Å². The Hall–Kier alpha value is -3.71. The monoisotopic (exact) mass is 565 g/mol. The Kier molecular flexibility index (Phi) is 15.4. The van der Waals surface area contributed by atoms with Crippen molar-refractivity contribution < 1.29 is 19.0 Å². The molecule has 0 aliphatic carbocycles. The number of amides is 1. The highest BCUT2D eigenvalue weighted by Crippen LogP contribution is 2.25. The second kappa shape index (κ2) is 17.9. The van der Waals surface area contributed by atoms with E-state index in [9.17, 15) is 14.3 Å². The summed E-state index contributed by atoms with van der Waals surface area (Å²) in [5.74, 6) is 0.479. The summed E-state index contributed by atoms with van der Waals surface area (Å²) in [4.78, 5) is 22.7. The minimum atomic E-state index is -0.264. The Labute approximate surface area is 246 Å². The summed E-state index contributed by atoms with van der Waals surface area (Å²) in [6.07, 6.45) is 6.01. The zero-order chi connectivity index (χ0) is 31.1. The van der Waals surface area contributed by atoms with Gasteiger partial charge in [0.05, 0.1) is 12.9 Å². The first-order chi connectivity index (χ1) is 19.5. The molecule has 2 aromatic rings. The van der Waals surface area contributed by atoms with Crippen molar-refractivity contribution in [2.24, 2.45) is 4.99 Å². The number of phenols is 1. The third-order valence-corrected chi connectivity index (χ3v) is 6.43. The van der Waals surface area contributed by atoms with Gasteiger partial charge in [-0.3, -0.25) is 4.79 Å². The van der Waals surface area contributed by atoms with E-state index in [1.54, 1.807) is 30.2 Å². The lowest BCUT2D eigenvalue weighted by molar-refractivity contribution is -0.127. The SMILES string of the molecule is CC.CCc1cc(/C(C)=C(/N=C(C)/C=C\C=C(/C)OC)C(=O)N(CCN(C)C)Cc2ccc(O)c(C)c2)ccc1F. The Bertz CT molecular complexity index is 1280. The van der Waals surface area contributed by atoms with Gasteiger partial charge in [-0.25, -0.2) is 9.38 Å². The number of phenolic OH excluding ortho intramolecular Hbond substituents is 1. The van der Waals surface area contributed by atoms with Crippen LogP contribution < -0.4 is 0 Å². The van der Waals surface area contributed by atoms with Crippen molar-refractivity contribution in [2.75, 3.05) is 34.3 Å². The van der Waals surface area contributed by atoms with E-state index in [-0.39, 0.29) is 17.5 Å². The van der Waals surface area contributed by atoms with E-state index in [4.69, 9.17) is 9.73 Å². The molecule has 0 spiro atoms. The van der Waals surface area contributed by atoms with Crippen LogP contribution in [0, 0.1) is 12.7 Å². The number of carbonyl (C=O) groups excluding carboxylic acids is 1. The maximum Gasteiger partial charge on any atom is 0.273 e. The largest absolute Gasteiger partial charge is 0.508 e. The number of nitrogens with zero attached hydrogens (tertiary/aromatic N) is 3. The average Bonchev–Trinajstić information content (AvgIpc) is 2.96. The summed E-state index contributed by atoms with van der Waals surface area (Å²) in [6.45, 7) is 14.8. The summed E-state index contributed by atoms with van der Waals surface area (Å²) in [6, 6.07) is 10.3. The number of ether oxygens (including phenoxy) is 1. The molecule has 7 heteroatoms. The van der Waals surface area contributed by atoms with Crippen molar-refractivity contribution >= 4 is 17.2 Å². The highest BCUT2D eigenvalue weighted by molar-refractivity contribution is 6.05. The number of halogens is 1. The first-order valence-corrected chi connectivity index (χ1v) is 14.1. The molecule has 0 fully saturated rings. The van der Waals surface area contributed by atoms with Gasteiger partial charge in [-0.1, -0.05) is 45.0 Å². The Balaban J connectivity index is 0.00000411. The van der Waals surface area contributed by atoms with Crippen LogP contribution in [0.2, 0.25) is 0 Å². The molecule has 0 radical (unpaired) electrons. The number of aliphatic imine (C=N–C) groups is 1. The van der Waals surface area contributed by atoms with Crippen LogP contribution >= 0.6 is 0 Å². The molecular weight excluding hydrogens is 517 g/mol. The van der Waals surface area contributed by atoms with Gasteiger partial charge in [-0.15, -0.1) is 0 Å². The number of aromatic hydroxyl groups is 1. The molecule has 1 amide bonds. The van der Waals surface area contributed by atoms with E-state index in [1.165, 1.54) is 6.07 Å². The molecule has 0 aliphatic heterocycles. The van der Waals surface area contributed by atoms with Crippen molar-refractivity contribution in [2.45, 2.75) is 61.4 Å². The number of aryl methyl sites for hydroxylation is 2. The molecule has 0 heterocycles. The van der Waals surface area contributed by atoms with E-state index in [0.717, 1.165) is 22.4 Å². The normalized spacial score (nSPS) is 12.7. The van der Waals surface area contributed by atoms with Crippen LogP contribution in [0.5, 0.6) is 5.75 Å². The predicted octanol–water partition coefficient (Wildman–Crippen LogP) is 7.32. The maximum absolute atomic E-state index is 14.3. The summed E-state index contributed by atoms with van der Waals surface area (Å²) in [5.41, 5.74) is 4.60. The van der Waals surface area contributed by atoms with Gasteiger partial charge < -0.3 is 19.6 Å². The highest BCUT2D eigenvalue weighted by Gasteiger charge is 2.22. The molecule has 0 unspecified atom stereocenters.